The van der Waals surface area contributed by atoms with Gasteiger partial charge < -0.3 is 0 Å². The van der Waals surface area contributed by atoms with Gasteiger partial charge >= 0.3 is 0 Å². The minimum Gasteiger partial charge on any atom is -0.241 e. The fraction of sp³-hybridized carbons (Fsp3) is 0. The van der Waals surface area contributed by atoms with Crippen LogP contribution in [0.1, 0.15) is 0 Å². The van der Waals surface area contributed by atoms with Gasteiger partial charge in [-0.2, -0.15) is 0 Å². The summed E-state index contributed by atoms with van der Waals surface area (Å²) in [6.45, 7) is 0. The molecule has 0 unspecified atom stereocenters. The number of hydrogen-bond donors (Lipinski definition) is 0. The molecule has 3 nitrogen and oxygen atoms in total. The molecule has 0 amide bonds. The van der Waals surface area contributed by atoms with Crippen LogP contribution in [0.5, 0.6) is 0 Å². The van der Waals surface area contributed by atoms with Crippen LogP contribution < -0.4 is 0 Å². The first-order chi connectivity index (χ1) is 10.5. The zero-order valence-corrected chi connectivity index (χ0v) is 12.1. The molecule has 0 aliphatic rings. The van der Waals surface area contributed by atoms with Crippen molar-refractivity contribution in [3.05, 3.63) is 78.5 Å². The summed E-state index contributed by atoms with van der Waals surface area (Å²) in [7, 11) is -3.85. The molecule has 2 aromatic carbocycles. The fourth-order valence-corrected chi connectivity index (χ4v) is 3.50. The van der Waals surface area contributed by atoms with E-state index in [1.165, 1.54) is 42.6 Å². The second-order valence-electron chi connectivity index (χ2n) is 4.66. The predicted molar refractivity (Wildman–Crippen MR) is 78.8 cm³/mol. The van der Waals surface area contributed by atoms with Crippen molar-refractivity contribution in [3.8, 4) is 11.3 Å². The van der Waals surface area contributed by atoms with Crippen LogP contribution in [0.3, 0.4) is 0 Å². The van der Waals surface area contributed by atoms with Crippen LogP contribution in [-0.4, -0.2) is 12.4 Å². The maximum atomic E-state index is 13.0. The van der Waals surface area contributed by atoms with Gasteiger partial charge in [0, 0.05) is 6.20 Å². The Morgan fingerprint density at radius 3 is 1.91 bits per heavy atom. The van der Waals surface area contributed by atoms with Crippen LogP contribution >= 0.6 is 0 Å². The van der Waals surface area contributed by atoms with E-state index in [4.69, 9.17) is 0 Å². The zero-order valence-electron chi connectivity index (χ0n) is 11.3. The largest absolute Gasteiger partial charge is 0.268 e. The SMILES string of the molecule is O=S(=O)(c1ccc(F)cc1)n1cccc1-c1ccc(F)cc1. The van der Waals surface area contributed by atoms with Gasteiger partial charge in [-0.15, -0.1) is 0 Å². The first kappa shape index (κ1) is 14.5. The van der Waals surface area contributed by atoms with E-state index in [0.717, 1.165) is 16.1 Å². The van der Waals surface area contributed by atoms with Crippen LogP contribution in [0, 0.1) is 11.6 Å². The van der Waals surface area contributed by atoms with Gasteiger partial charge in [0.05, 0.1) is 10.6 Å². The molecule has 0 spiro atoms. The van der Waals surface area contributed by atoms with Crippen LogP contribution in [0.2, 0.25) is 0 Å². The Morgan fingerprint density at radius 2 is 1.32 bits per heavy atom. The molecule has 1 aromatic heterocycles. The van der Waals surface area contributed by atoms with Gasteiger partial charge in [-0.1, -0.05) is 0 Å². The third-order valence-corrected chi connectivity index (χ3v) is 4.93. The second kappa shape index (κ2) is 5.38. The van der Waals surface area contributed by atoms with Gasteiger partial charge in [0.2, 0.25) is 0 Å². The van der Waals surface area contributed by atoms with Crippen molar-refractivity contribution in [2.75, 3.05) is 0 Å². The van der Waals surface area contributed by atoms with E-state index in [0.29, 0.717) is 11.3 Å². The monoisotopic (exact) mass is 319 g/mol. The van der Waals surface area contributed by atoms with E-state index < -0.39 is 21.7 Å². The molecule has 0 saturated carbocycles. The number of rotatable bonds is 3. The molecule has 3 rings (SSSR count). The number of nitrogens with zero attached hydrogens (tertiary/aromatic N) is 1. The maximum absolute atomic E-state index is 13.0. The number of halogens is 2. The van der Waals surface area contributed by atoms with Gasteiger partial charge in [0.1, 0.15) is 11.6 Å². The molecule has 0 bridgehead atoms. The predicted octanol–water partition coefficient (Wildman–Crippen LogP) is 3.67. The van der Waals surface area contributed by atoms with Crippen molar-refractivity contribution in [2.24, 2.45) is 0 Å². The molecule has 6 heteroatoms. The smallest absolute Gasteiger partial charge is 0.241 e. The number of aromatic nitrogens is 1. The van der Waals surface area contributed by atoms with Gasteiger partial charge in [-0.05, 0) is 66.2 Å². The first-order valence-corrected chi connectivity index (χ1v) is 7.87. The zero-order chi connectivity index (χ0) is 15.7. The number of hydrogen-bond acceptors (Lipinski definition) is 2. The summed E-state index contributed by atoms with van der Waals surface area (Å²) in [5.41, 5.74) is 0.974. The van der Waals surface area contributed by atoms with Gasteiger partial charge in [0.15, 0.2) is 0 Å². The van der Waals surface area contributed by atoms with Crippen LogP contribution in [0.15, 0.2) is 71.8 Å². The molecule has 0 fully saturated rings. The Morgan fingerprint density at radius 1 is 0.773 bits per heavy atom. The van der Waals surface area contributed by atoms with E-state index >= 15 is 0 Å². The molecule has 0 radical (unpaired) electrons. The van der Waals surface area contributed by atoms with Crippen molar-refractivity contribution in [2.45, 2.75) is 4.90 Å². The van der Waals surface area contributed by atoms with Crippen LogP contribution in [-0.2, 0) is 10.0 Å². The van der Waals surface area contributed by atoms with Crippen molar-refractivity contribution < 1.29 is 17.2 Å². The van der Waals surface area contributed by atoms with Crippen molar-refractivity contribution in [1.29, 1.82) is 0 Å². The van der Waals surface area contributed by atoms with Crippen molar-refractivity contribution >= 4 is 10.0 Å². The van der Waals surface area contributed by atoms with E-state index in [-0.39, 0.29) is 4.90 Å². The molecule has 0 aliphatic carbocycles. The number of benzene rings is 2. The molecule has 0 aliphatic heterocycles. The summed E-state index contributed by atoms with van der Waals surface area (Å²) in [6, 6.07) is 13.3. The highest BCUT2D eigenvalue weighted by molar-refractivity contribution is 7.90. The summed E-state index contributed by atoms with van der Waals surface area (Å²) in [4.78, 5) is -0.0199. The average molecular weight is 319 g/mol. The first-order valence-electron chi connectivity index (χ1n) is 6.43. The lowest BCUT2D eigenvalue weighted by Crippen LogP contribution is -2.13. The lowest BCUT2D eigenvalue weighted by molar-refractivity contribution is 0.587. The standard InChI is InChI=1S/C16H11F2NO2S/c17-13-5-3-12(4-6-13)16-2-1-11-19(16)22(20,21)15-9-7-14(18)8-10-15/h1-11H. The quantitative estimate of drug-likeness (QED) is 0.739. The molecule has 0 N–H and O–H groups in total. The van der Waals surface area contributed by atoms with E-state index in [1.54, 1.807) is 12.1 Å². The Labute approximate surface area is 126 Å². The summed E-state index contributed by atoms with van der Waals surface area (Å²) in [5, 5.41) is 0. The molecule has 0 saturated heterocycles. The molecule has 0 atom stereocenters. The summed E-state index contributed by atoms with van der Waals surface area (Å²) in [6.07, 6.45) is 1.40. The third kappa shape index (κ3) is 2.53. The normalized spacial score (nSPS) is 11.5. The van der Waals surface area contributed by atoms with E-state index in [2.05, 4.69) is 0 Å². The minimum absolute atomic E-state index is 0.0199. The maximum Gasteiger partial charge on any atom is 0.268 e. The highest BCUT2D eigenvalue weighted by Gasteiger charge is 2.20. The van der Waals surface area contributed by atoms with Crippen molar-refractivity contribution in [1.82, 2.24) is 3.97 Å². The Hall–Kier alpha value is -2.47. The molecule has 22 heavy (non-hydrogen) atoms. The Bertz CT molecular complexity index is 898. The van der Waals surface area contributed by atoms with Crippen LogP contribution in [0.4, 0.5) is 8.78 Å². The molecular formula is C16H11F2NO2S. The molecule has 112 valence electrons. The molecule has 1 heterocycles. The molecule has 3 aromatic rings. The minimum atomic E-state index is -3.85. The topological polar surface area (TPSA) is 39.1 Å². The second-order valence-corrected chi connectivity index (χ2v) is 6.47. The van der Waals surface area contributed by atoms with Crippen LogP contribution in [0.25, 0.3) is 11.3 Å². The van der Waals surface area contributed by atoms with E-state index in [9.17, 15) is 17.2 Å². The van der Waals surface area contributed by atoms with Gasteiger partial charge in [-0.25, -0.2) is 21.2 Å². The third-order valence-electron chi connectivity index (χ3n) is 3.22. The van der Waals surface area contributed by atoms with Crippen molar-refractivity contribution in [3.63, 3.8) is 0 Å². The Kier molecular flexibility index (Phi) is 3.54. The fourth-order valence-electron chi connectivity index (χ4n) is 2.14. The van der Waals surface area contributed by atoms with E-state index in [1.807, 2.05) is 0 Å². The molecular weight excluding hydrogens is 308 g/mol. The average Bonchev–Trinajstić information content (AvgIpc) is 2.99. The van der Waals surface area contributed by atoms with Gasteiger partial charge in [-0.3, -0.25) is 0 Å². The highest BCUT2D eigenvalue weighted by Crippen LogP contribution is 2.25. The lowest BCUT2D eigenvalue weighted by atomic mass is 10.1. The summed E-state index contributed by atoms with van der Waals surface area (Å²) in [5.74, 6) is -0.909. The summed E-state index contributed by atoms with van der Waals surface area (Å²) >= 11 is 0. The van der Waals surface area contributed by atoms with Gasteiger partial charge in [0.25, 0.3) is 10.0 Å². The Balaban J connectivity index is 2.11. The summed E-state index contributed by atoms with van der Waals surface area (Å²) < 4.78 is 52.3. The highest BCUT2D eigenvalue weighted by atomic mass is 32.2. The lowest BCUT2D eigenvalue weighted by Gasteiger charge is -2.10.